The summed E-state index contributed by atoms with van der Waals surface area (Å²) in [7, 11) is 1.55. The summed E-state index contributed by atoms with van der Waals surface area (Å²) in [5.41, 5.74) is 0.891. The minimum atomic E-state index is -1.21. The standard InChI is InChI=1S/C12H11NO3/c1-8(11(7-13)12(14)15)9-3-5-10(16-2)6-4-9/h3-6H,1-2H3,(H,14,15)/b11-8+. The van der Waals surface area contributed by atoms with Crippen LogP contribution in [0.1, 0.15) is 12.5 Å². The quantitative estimate of drug-likeness (QED) is 0.621. The first kappa shape index (κ1) is 11.8. The van der Waals surface area contributed by atoms with Crippen molar-refractivity contribution in [3.63, 3.8) is 0 Å². The first-order valence-electron chi connectivity index (χ1n) is 4.59. The third kappa shape index (κ3) is 2.39. The van der Waals surface area contributed by atoms with Crippen molar-refractivity contribution in [3.05, 3.63) is 35.4 Å². The molecule has 4 nitrogen and oxygen atoms in total. The van der Waals surface area contributed by atoms with Gasteiger partial charge in [0.2, 0.25) is 0 Å². The Morgan fingerprint density at radius 1 is 1.38 bits per heavy atom. The molecule has 0 aliphatic rings. The fourth-order valence-corrected chi connectivity index (χ4v) is 1.28. The molecule has 0 saturated carbocycles. The van der Waals surface area contributed by atoms with Gasteiger partial charge in [-0.15, -0.1) is 0 Å². The summed E-state index contributed by atoms with van der Waals surface area (Å²) in [4.78, 5) is 10.8. The number of hydrogen-bond donors (Lipinski definition) is 1. The van der Waals surface area contributed by atoms with Crippen molar-refractivity contribution in [2.75, 3.05) is 7.11 Å². The van der Waals surface area contributed by atoms with Crippen LogP contribution in [-0.4, -0.2) is 18.2 Å². The average Bonchev–Trinajstić information content (AvgIpc) is 2.29. The number of nitrogens with zero attached hydrogens (tertiary/aromatic N) is 1. The number of nitriles is 1. The molecule has 1 N–H and O–H groups in total. The van der Waals surface area contributed by atoms with E-state index in [9.17, 15) is 4.79 Å². The molecule has 4 heteroatoms. The van der Waals surface area contributed by atoms with E-state index >= 15 is 0 Å². The van der Waals surface area contributed by atoms with Crippen LogP contribution in [-0.2, 0) is 4.79 Å². The Morgan fingerprint density at radius 2 is 1.94 bits per heavy atom. The Hall–Kier alpha value is -2.28. The zero-order valence-corrected chi connectivity index (χ0v) is 9.02. The van der Waals surface area contributed by atoms with Gasteiger partial charge in [-0.2, -0.15) is 5.26 Å². The van der Waals surface area contributed by atoms with E-state index in [4.69, 9.17) is 15.1 Å². The van der Waals surface area contributed by atoms with Crippen molar-refractivity contribution in [2.45, 2.75) is 6.92 Å². The smallest absolute Gasteiger partial charge is 0.346 e. The lowest BCUT2D eigenvalue weighted by Crippen LogP contribution is -2.00. The maximum atomic E-state index is 10.8. The summed E-state index contributed by atoms with van der Waals surface area (Å²) in [5.74, 6) is -0.527. The van der Waals surface area contributed by atoms with Gasteiger partial charge in [-0.1, -0.05) is 12.1 Å². The molecule has 82 valence electrons. The molecule has 0 atom stereocenters. The molecule has 1 aromatic carbocycles. The summed E-state index contributed by atoms with van der Waals surface area (Å²) < 4.78 is 4.99. The molecular weight excluding hydrogens is 206 g/mol. The fraction of sp³-hybridized carbons (Fsp3) is 0.167. The highest BCUT2D eigenvalue weighted by atomic mass is 16.5. The van der Waals surface area contributed by atoms with Crippen LogP contribution in [0.25, 0.3) is 5.57 Å². The van der Waals surface area contributed by atoms with Gasteiger partial charge >= 0.3 is 5.97 Å². The molecule has 0 saturated heterocycles. The Labute approximate surface area is 93.4 Å². The van der Waals surface area contributed by atoms with E-state index in [1.165, 1.54) is 0 Å². The topological polar surface area (TPSA) is 70.3 Å². The summed E-state index contributed by atoms with van der Waals surface area (Å²) in [6.45, 7) is 1.61. The SMILES string of the molecule is COc1ccc(/C(C)=C(\C#N)C(=O)O)cc1. The Bertz CT molecular complexity index is 466. The van der Waals surface area contributed by atoms with Gasteiger partial charge in [-0.3, -0.25) is 0 Å². The number of methoxy groups -OCH3 is 1. The highest BCUT2D eigenvalue weighted by Gasteiger charge is 2.11. The van der Waals surface area contributed by atoms with Crippen molar-refractivity contribution in [1.29, 1.82) is 5.26 Å². The molecule has 0 aromatic heterocycles. The third-order valence-electron chi connectivity index (χ3n) is 2.22. The predicted molar refractivity (Wildman–Crippen MR) is 58.8 cm³/mol. The van der Waals surface area contributed by atoms with Crippen molar-refractivity contribution in [1.82, 2.24) is 0 Å². The van der Waals surface area contributed by atoms with Crippen LogP contribution in [0.4, 0.5) is 0 Å². The summed E-state index contributed by atoms with van der Waals surface area (Å²) in [6.07, 6.45) is 0. The molecular formula is C12H11NO3. The van der Waals surface area contributed by atoms with Gasteiger partial charge < -0.3 is 9.84 Å². The number of carboxylic acids is 1. The molecule has 0 amide bonds. The molecule has 0 aliphatic heterocycles. The van der Waals surface area contributed by atoms with Gasteiger partial charge in [0, 0.05) is 0 Å². The minimum Gasteiger partial charge on any atom is -0.497 e. The molecule has 0 unspecified atom stereocenters. The highest BCUT2D eigenvalue weighted by Crippen LogP contribution is 2.21. The lowest BCUT2D eigenvalue weighted by molar-refractivity contribution is -0.132. The van der Waals surface area contributed by atoms with E-state index in [-0.39, 0.29) is 5.57 Å². The zero-order valence-electron chi connectivity index (χ0n) is 9.02. The van der Waals surface area contributed by atoms with Gasteiger partial charge in [0.15, 0.2) is 0 Å². The van der Waals surface area contributed by atoms with Crippen LogP contribution in [0.2, 0.25) is 0 Å². The van der Waals surface area contributed by atoms with Crippen molar-refractivity contribution in [3.8, 4) is 11.8 Å². The molecule has 1 aromatic rings. The van der Waals surface area contributed by atoms with Gasteiger partial charge in [-0.25, -0.2) is 4.79 Å². The third-order valence-corrected chi connectivity index (χ3v) is 2.22. The van der Waals surface area contributed by atoms with Gasteiger partial charge in [0.25, 0.3) is 0 Å². The van der Waals surface area contributed by atoms with Crippen LogP contribution in [0.15, 0.2) is 29.8 Å². The Kier molecular flexibility index (Phi) is 3.67. The van der Waals surface area contributed by atoms with E-state index in [1.807, 2.05) is 0 Å². The number of ether oxygens (including phenoxy) is 1. The lowest BCUT2D eigenvalue weighted by Gasteiger charge is -2.04. The van der Waals surface area contributed by atoms with Gasteiger partial charge in [-0.05, 0) is 30.2 Å². The van der Waals surface area contributed by atoms with Crippen LogP contribution in [0.3, 0.4) is 0 Å². The second-order valence-corrected chi connectivity index (χ2v) is 3.15. The lowest BCUT2D eigenvalue weighted by atomic mass is 10.0. The van der Waals surface area contributed by atoms with Gasteiger partial charge in [0.05, 0.1) is 7.11 Å². The molecule has 0 heterocycles. The highest BCUT2D eigenvalue weighted by molar-refractivity contribution is 6.00. The van der Waals surface area contributed by atoms with E-state index in [0.717, 1.165) is 0 Å². The van der Waals surface area contributed by atoms with Crippen LogP contribution < -0.4 is 4.74 Å². The summed E-state index contributed by atoms with van der Waals surface area (Å²) in [6, 6.07) is 8.55. The molecule has 16 heavy (non-hydrogen) atoms. The summed E-state index contributed by atoms with van der Waals surface area (Å²) >= 11 is 0. The molecule has 0 aliphatic carbocycles. The van der Waals surface area contributed by atoms with Crippen LogP contribution >= 0.6 is 0 Å². The van der Waals surface area contributed by atoms with Crippen molar-refractivity contribution >= 4 is 11.5 Å². The second kappa shape index (κ2) is 4.99. The maximum Gasteiger partial charge on any atom is 0.346 e. The van der Waals surface area contributed by atoms with E-state index in [1.54, 1.807) is 44.4 Å². The molecule has 0 fully saturated rings. The zero-order chi connectivity index (χ0) is 12.1. The van der Waals surface area contributed by atoms with Crippen molar-refractivity contribution < 1.29 is 14.6 Å². The number of carboxylic acid groups (broad SMARTS) is 1. The molecule has 0 spiro atoms. The normalized spacial score (nSPS) is 11.3. The molecule has 1 rings (SSSR count). The number of allylic oxidation sites excluding steroid dienone is 1. The number of aliphatic carboxylic acids is 1. The van der Waals surface area contributed by atoms with E-state index in [0.29, 0.717) is 16.9 Å². The molecule has 0 bridgehead atoms. The largest absolute Gasteiger partial charge is 0.497 e. The fourth-order valence-electron chi connectivity index (χ4n) is 1.28. The van der Waals surface area contributed by atoms with E-state index in [2.05, 4.69) is 0 Å². The number of rotatable bonds is 3. The second-order valence-electron chi connectivity index (χ2n) is 3.15. The van der Waals surface area contributed by atoms with E-state index < -0.39 is 5.97 Å². The van der Waals surface area contributed by atoms with Crippen molar-refractivity contribution in [2.24, 2.45) is 0 Å². The first-order valence-corrected chi connectivity index (χ1v) is 4.59. The van der Waals surface area contributed by atoms with Gasteiger partial charge in [0.1, 0.15) is 17.4 Å². The maximum absolute atomic E-state index is 10.8. The summed E-state index contributed by atoms with van der Waals surface area (Å²) in [5, 5.41) is 17.5. The monoisotopic (exact) mass is 217 g/mol. The number of hydrogen-bond acceptors (Lipinski definition) is 3. The molecule has 0 radical (unpaired) electrons. The average molecular weight is 217 g/mol. The Morgan fingerprint density at radius 3 is 2.31 bits per heavy atom. The Balaban J connectivity index is 3.18. The number of benzene rings is 1. The first-order chi connectivity index (χ1) is 7.60. The number of carbonyl (C=O) groups is 1. The van der Waals surface area contributed by atoms with Crippen LogP contribution in [0, 0.1) is 11.3 Å². The predicted octanol–water partition coefficient (Wildman–Crippen LogP) is 2.08. The van der Waals surface area contributed by atoms with Crippen LogP contribution in [0.5, 0.6) is 5.75 Å². The minimum absolute atomic E-state index is 0.245.